The van der Waals surface area contributed by atoms with Crippen LogP contribution in [-0.4, -0.2) is 26.3 Å². The Kier molecular flexibility index (Phi) is 6.72. The lowest BCUT2D eigenvalue weighted by Gasteiger charge is -2.24. The molecule has 32 heavy (non-hydrogen) atoms. The molecule has 0 bridgehead atoms. The fraction of sp³-hybridized carbons (Fsp3) is 0.308. The van der Waals surface area contributed by atoms with Crippen molar-refractivity contribution in [2.75, 3.05) is 20.3 Å². The van der Waals surface area contributed by atoms with Crippen molar-refractivity contribution >= 4 is 16.9 Å². The topological polar surface area (TPSA) is 75.0 Å². The molecule has 2 aromatic carbocycles. The maximum absolute atomic E-state index is 12.7. The van der Waals surface area contributed by atoms with Gasteiger partial charge in [-0.05, 0) is 55.3 Å². The van der Waals surface area contributed by atoms with Crippen LogP contribution in [0.3, 0.4) is 0 Å². The molecule has 0 aliphatic carbocycles. The Morgan fingerprint density at radius 1 is 1.03 bits per heavy atom. The molecule has 0 fully saturated rings. The van der Waals surface area contributed by atoms with Crippen LogP contribution in [0.1, 0.15) is 26.3 Å². The molecular weight excluding hydrogens is 408 g/mol. The lowest BCUT2D eigenvalue weighted by molar-refractivity contribution is -0.142. The van der Waals surface area contributed by atoms with Crippen LogP contribution in [-0.2, 0) is 9.53 Å². The molecule has 0 saturated carbocycles. The zero-order chi connectivity index (χ0) is 23.5. The van der Waals surface area contributed by atoms with E-state index in [0.29, 0.717) is 29.1 Å². The van der Waals surface area contributed by atoms with Crippen LogP contribution >= 0.6 is 0 Å². The monoisotopic (exact) mass is 436 g/mol. The smallest absolute Gasteiger partial charge is 0.344 e. The third kappa shape index (κ3) is 5.38. The summed E-state index contributed by atoms with van der Waals surface area (Å²) < 4.78 is 21.9. The molecule has 3 rings (SSSR count). The van der Waals surface area contributed by atoms with E-state index >= 15 is 0 Å². The summed E-state index contributed by atoms with van der Waals surface area (Å²) in [6.07, 6.45) is 0. The van der Waals surface area contributed by atoms with Crippen molar-refractivity contribution in [3.8, 4) is 22.6 Å². The van der Waals surface area contributed by atoms with Crippen LogP contribution in [0.15, 0.2) is 63.8 Å². The minimum atomic E-state index is -0.423. The predicted molar refractivity (Wildman–Crippen MR) is 124 cm³/mol. The molecule has 0 radical (unpaired) electrons. The van der Waals surface area contributed by atoms with Gasteiger partial charge in [0.15, 0.2) is 0 Å². The number of hydrogen-bond donors (Lipinski definition) is 0. The lowest BCUT2D eigenvalue weighted by Crippen LogP contribution is -2.28. The molecule has 0 aliphatic rings. The van der Waals surface area contributed by atoms with E-state index in [1.807, 2.05) is 57.2 Å². The van der Waals surface area contributed by atoms with Crippen molar-refractivity contribution in [1.82, 2.24) is 0 Å². The Balaban J connectivity index is 1.78. The van der Waals surface area contributed by atoms with E-state index in [4.69, 9.17) is 18.6 Å². The van der Waals surface area contributed by atoms with Gasteiger partial charge in [0.2, 0.25) is 0 Å². The Bertz CT molecular complexity index is 1220. The van der Waals surface area contributed by atoms with Crippen LogP contribution in [0.4, 0.5) is 0 Å². The third-order valence-electron chi connectivity index (χ3n) is 5.00. The number of carbonyl (C=O) groups is 1. The molecule has 0 amide bonds. The molecule has 6 nitrogen and oxygen atoms in total. The van der Waals surface area contributed by atoms with Crippen molar-refractivity contribution in [2.45, 2.75) is 27.7 Å². The quantitative estimate of drug-likeness (QED) is 0.271. The van der Waals surface area contributed by atoms with Crippen LogP contribution in [0.25, 0.3) is 22.1 Å². The molecule has 6 heteroatoms. The summed E-state index contributed by atoms with van der Waals surface area (Å²) >= 11 is 0. The van der Waals surface area contributed by atoms with Crippen molar-refractivity contribution < 1.29 is 23.4 Å². The first-order valence-electron chi connectivity index (χ1n) is 10.3. The van der Waals surface area contributed by atoms with Crippen LogP contribution in [0.2, 0.25) is 0 Å². The van der Waals surface area contributed by atoms with E-state index in [1.54, 1.807) is 20.1 Å². The van der Waals surface area contributed by atoms with E-state index in [1.165, 1.54) is 0 Å². The zero-order valence-corrected chi connectivity index (χ0v) is 19.1. The summed E-state index contributed by atoms with van der Waals surface area (Å²) in [6, 6.07) is 12.7. The van der Waals surface area contributed by atoms with E-state index in [2.05, 4.69) is 6.58 Å². The summed E-state index contributed by atoms with van der Waals surface area (Å²) in [7, 11) is 1.61. The van der Waals surface area contributed by atoms with Gasteiger partial charge in [-0.2, -0.15) is 0 Å². The minimum absolute atomic E-state index is 0.200. The van der Waals surface area contributed by atoms with Gasteiger partial charge in [0.1, 0.15) is 17.1 Å². The molecule has 0 saturated heterocycles. The van der Waals surface area contributed by atoms with Gasteiger partial charge < -0.3 is 18.6 Å². The molecule has 1 heterocycles. The first kappa shape index (κ1) is 23.1. The summed E-state index contributed by atoms with van der Waals surface area (Å²) in [6.45, 7) is 11.5. The summed E-state index contributed by atoms with van der Waals surface area (Å²) in [5.41, 5.74) is 2.18. The van der Waals surface area contributed by atoms with Gasteiger partial charge in [0, 0.05) is 22.4 Å². The van der Waals surface area contributed by atoms with Crippen molar-refractivity contribution in [3.63, 3.8) is 0 Å². The molecule has 0 unspecified atom stereocenters. The average Bonchev–Trinajstić information content (AvgIpc) is 2.75. The fourth-order valence-corrected chi connectivity index (χ4v) is 3.14. The lowest BCUT2D eigenvalue weighted by atomic mass is 9.96. The molecule has 0 aliphatic heterocycles. The number of esters is 1. The molecule has 3 aromatic rings. The zero-order valence-electron chi connectivity index (χ0n) is 19.1. The molecule has 168 valence electrons. The highest BCUT2D eigenvalue weighted by Gasteiger charge is 2.22. The highest BCUT2D eigenvalue weighted by molar-refractivity contribution is 5.87. The predicted octanol–water partition coefficient (Wildman–Crippen LogP) is 5.30. The second-order valence-corrected chi connectivity index (χ2v) is 8.64. The number of methoxy groups -OCH3 is 1. The first-order valence-corrected chi connectivity index (χ1v) is 10.3. The van der Waals surface area contributed by atoms with Gasteiger partial charge in [-0.25, -0.2) is 9.59 Å². The van der Waals surface area contributed by atoms with Gasteiger partial charge in [-0.15, -0.1) is 0 Å². The molecule has 0 spiro atoms. The van der Waals surface area contributed by atoms with Crippen LogP contribution in [0.5, 0.6) is 11.5 Å². The highest BCUT2D eigenvalue weighted by atomic mass is 16.5. The van der Waals surface area contributed by atoms with E-state index in [0.717, 1.165) is 22.3 Å². The molecule has 0 N–H and O–H groups in total. The van der Waals surface area contributed by atoms with Crippen molar-refractivity contribution in [1.29, 1.82) is 0 Å². The summed E-state index contributed by atoms with van der Waals surface area (Å²) in [4.78, 5) is 24.3. The molecule has 0 atom stereocenters. The maximum Gasteiger partial charge on any atom is 0.344 e. The number of carbonyl (C=O) groups excluding carboxylic acids is 1. The Hall–Kier alpha value is -3.54. The maximum atomic E-state index is 12.7. The number of ether oxygens (including phenoxy) is 3. The number of fused-ring (bicyclic) bond motifs is 1. The van der Waals surface area contributed by atoms with Gasteiger partial charge in [-0.3, -0.25) is 0 Å². The van der Waals surface area contributed by atoms with E-state index in [-0.39, 0.29) is 6.61 Å². The SMILES string of the molecule is C=C(C)C(=O)OCC(C)(C)COc1ccc2cc(-c3ccc(OC)cc3C)c(=O)oc2c1. The number of benzene rings is 2. The van der Waals surface area contributed by atoms with Crippen LogP contribution in [0, 0.1) is 12.3 Å². The van der Waals surface area contributed by atoms with E-state index < -0.39 is 17.0 Å². The van der Waals surface area contributed by atoms with Gasteiger partial charge in [0.05, 0.1) is 25.9 Å². The normalized spacial score (nSPS) is 11.3. The second kappa shape index (κ2) is 9.30. The highest BCUT2D eigenvalue weighted by Crippen LogP contribution is 2.29. The summed E-state index contributed by atoms with van der Waals surface area (Å²) in [5.74, 6) is 0.873. The van der Waals surface area contributed by atoms with Gasteiger partial charge in [0.25, 0.3) is 0 Å². The average molecular weight is 437 g/mol. The Morgan fingerprint density at radius 2 is 1.75 bits per heavy atom. The van der Waals surface area contributed by atoms with Crippen LogP contribution < -0.4 is 15.1 Å². The standard InChI is InChI=1S/C26H28O6/c1-16(2)24(27)31-15-26(4,5)14-30-20-8-7-18-12-22(25(28)32-23(18)13-20)21-10-9-19(29-6)11-17(21)3/h7-13H,1,14-15H2,2-6H3. The first-order chi connectivity index (χ1) is 15.1. The largest absolute Gasteiger partial charge is 0.497 e. The van der Waals surface area contributed by atoms with E-state index in [9.17, 15) is 9.59 Å². The van der Waals surface area contributed by atoms with Crippen molar-refractivity contribution in [2.24, 2.45) is 5.41 Å². The number of aryl methyl sites for hydroxylation is 1. The van der Waals surface area contributed by atoms with Gasteiger partial charge in [-0.1, -0.05) is 26.5 Å². The Morgan fingerprint density at radius 3 is 2.41 bits per heavy atom. The van der Waals surface area contributed by atoms with Crippen molar-refractivity contribution in [3.05, 3.63) is 70.6 Å². The second-order valence-electron chi connectivity index (χ2n) is 8.64. The van der Waals surface area contributed by atoms with Gasteiger partial charge >= 0.3 is 11.6 Å². The fourth-order valence-electron chi connectivity index (χ4n) is 3.14. The summed E-state index contributed by atoms with van der Waals surface area (Å²) in [5, 5.41) is 0.789. The number of hydrogen-bond acceptors (Lipinski definition) is 6. The third-order valence-corrected chi connectivity index (χ3v) is 5.00. The Labute approximate surface area is 187 Å². The number of rotatable bonds is 8. The molecule has 1 aromatic heterocycles. The minimum Gasteiger partial charge on any atom is -0.497 e. The molecular formula is C26H28O6.